The maximum Gasteiger partial charge on any atom is 0.305 e. The van der Waals surface area contributed by atoms with Gasteiger partial charge < -0.3 is 15.2 Å². The van der Waals surface area contributed by atoms with E-state index in [4.69, 9.17) is 9.84 Å². The first-order valence-electron chi connectivity index (χ1n) is 5.19. The Kier molecular flexibility index (Phi) is 4.51. The van der Waals surface area contributed by atoms with Crippen LogP contribution in [0.5, 0.6) is 5.75 Å². The van der Waals surface area contributed by atoms with E-state index in [0.717, 1.165) is 5.56 Å². The average molecular weight is 237 g/mol. The molecule has 1 aromatic carbocycles. The molecule has 0 atom stereocenters. The van der Waals surface area contributed by atoms with E-state index in [0.29, 0.717) is 11.3 Å². The second-order valence-electron chi connectivity index (χ2n) is 3.60. The lowest BCUT2D eigenvalue weighted by Gasteiger charge is -2.09. The number of benzene rings is 1. The molecule has 92 valence electrons. The maximum absolute atomic E-state index is 11.8. The van der Waals surface area contributed by atoms with E-state index in [1.54, 1.807) is 12.1 Å². The summed E-state index contributed by atoms with van der Waals surface area (Å²) in [7, 11) is 1.48. The highest BCUT2D eigenvalue weighted by molar-refractivity contribution is 5.97. The van der Waals surface area contributed by atoms with Gasteiger partial charge in [0.2, 0.25) is 0 Å². The summed E-state index contributed by atoms with van der Waals surface area (Å²) in [4.78, 5) is 22.1. The van der Waals surface area contributed by atoms with Gasteiger partial charge in [0.25, 0.3) is 5.91 Å². The van der Waals surface area contributed by atoms with Crippen molar-refractivity contribution in [1.29, 1.82) is 0 Å². The third-order valence-electron chi connectivity index (χ3n) is 2.22. The minimum atomic E-state index is -0.943. The van der Waals surface area contributed by atoms with Gasteiger partial charge in [-0.1, -0.05) is 11.6 Å². The summed E-state index contributed by atoms with van der Waals surface area (Å²) in [6.45, 7) is 1.97. The van der Waals surface area contributed by atoms with E-state index in [1.807, 2.05) is 13.0 Å². The largest absolute Gasteiger partial charge is 0.496 e. The second-order valence-corrected chi connectivity index (χ2v) is 3.60. The van der Waals surface area contributed by atoms with E-state index in [1.165, 1.54) is 7.11 Å². The maximum atomic E-state index is 11.8. The van der Waals surface area contributed by atoms with Gasteiger partial charge in [-0.3, -0.25) is 9.59 Å². The molecule has 5 nitrogen and oxygen atoms in total. The fourth-order valence-corrected chi connectivity index (χ4v) is 1.38. The number of amides is 1. The highest BCUT2D eigenvalue weighted by Gasteiger charge is 2.12. The van der Waals surface area contributed by atoms with Crippen molar-refractivity contribution in [2.75, 3.05) is 13.7 Å². The van der Waals surface area contributed by atoms with Crippen molar-refractivity contribution in [1.82, 2.24) is 5.32 Å². The molecule has 0 fully saturated rings. The van der Waals surface area contributed by atoms with Crippen LogP contribution in [0.1, 0.15) is 22.3 Å². The number of methoxy groups -OCH3 is 1. The van der Waals surface area contributed by atoms with Gasteiger partial charge in [-0.15, -0.1) is 0 Å². The number of carbonyl (C=O) groups is 2. The Morgan fingerprint density at radius 3 is 2.71 bits per heavy atom. The smallest absolute Gasteiger partial charge is 0.305 e. The Labute approximate surface area is 99.4 Å². The molecule has 0 unspecified atom stereocenters. The van der Waals surface area contributed by atoms with Crippen molar-refractivity contribution in [2.24, 2.45) is 0 Å². The van der Waals surface area contributed by atoms with Crippen LogP contribution in [0.2, 0.25) is 0 Å². The van der Waals surface area contributed by atoms with E-state index >= 15 is 0 Å². The molecule has 0 bridgehead atoms. The van der Waals surface area contributed by atoms with Crippen molar-refractivity contribution in [3.63, 3.8) is 0 Å². The molecule has 0 aliphatic heterocycles. The van der Waals surface area contributed by atoms with Gasteiger partial charge in [-0.05, 0) is 19.1 Å². The van der Waals surface area contributed by atoms with Crippen LogP contribution in [0, 0.1) is 6.92 Å². The first-order valence-corrected chi connectivity index (χ1v) is 5.19. The molecule has 1 aromatic rings. The van der Waals surface area contributed by atoms with Crippen LogP contribution in [0.4, 0.5) is 0 Å². The van der Waals surface area contributed by atoms with Crippen LogP contribution in [-0.4, -0.2) is 30.6 Å². The minimum Gasteiger partial charge on any atom is -0.496 e. The van der Waals surface area contributed by atoms with Gasteiger partial charge in [0.1, 0.15) is 5.75 Å². The fraction of sp³-hybridized carbons (Fsp3) is 0.333. The van der Waals surface area contributed by atoms with Crippen molar-refractivity contribution in [2.45, 2.75) is 13.3 Å². The van der Waals surface area contributed by atoms with Gasteiger partial charge in [0, 0.05) is 6.54 Å². The molecule has 0 spiro atoms. The fourth-order valence-electron chi connectivity index (χ4n) is 1.38. The van der Waals surface area contributed by atoms with E-state index in [2.05, 4.69) is 5.32 Å². The summed E-state index contributed by atoms with van der Waals surface area (Å²) in [5.41, 5.74) is 1.35. The molecule has 0 aromatic heterocycles. The number of aryl methyl sites for hydroxylation is 1. The number of hydrogen-bond donors (Lipinski definition) is 2. The molecule has 17 heavy (non-hydrogen) atoms. The third-order valence-corrected chi connectivity index (χ3v) is 2.22. The highest BCUT2D eigenvalue weighted by Crippen LogP contribution is 2.19. The number of carboxylic acid groups (broad SMARTS) is 1. The molecule has 0 aliphatic rings. The normalized spacial score (nSPS) is 9.76. The van der Waals surface area contributed by atoms with Crippen LogP contribution in [-0.2, 0) is 4.79 Å². The zero-order valence-electron chi connectivity index (χ0n) is 9.82. The molecular weight excluding hydrogens is 222 g/mol. The van der Waals surface area contributed by atoms with Gasteiger partial charge in [0.05, 0.1) is 19.1 Å². The van der Waals surface area contributed by atoms with Crippen molar-refractivity contribution in [3.05, 3.63) is 29.3 Å². The molecule has 1 rings (SSSR count). The Morgan fingerprint density at radius 2 is 2.12 bits per heavy atom. The molecular formula is C12H15NO4. The Bertz CT molecular complexity index is 429. The zero-order valence-corrected chi connectivity index (χ0v) is 9.82. The summed E-state index contributed by atoms with van der Waals surface area (Å²) in [5, 5.41) is 11.0. The first kappa shape index (κ1) is 13.0. The number of carbonyl (C=O) groups excluding carboxylic acids is 1. The summed E-state index contributed by atoms with van der Waals surface area (Å²) in [6.07, 6.45) is -0.0974. The molecule has 0 radical (unpaired) electrons. The number of hydrogen-bond acceptors (Lipinski definition) is 3. The number of carboxylic acids is 1. The topological polar surface area (TPSA) is 75.6 Å². The van der Waals surface area contributed by atoms with Gasteiger partial charge in [-0.25, -0.2) is 0 Å². The first-order chi connectivity index (χ1) is 8.04. The summed E-state index contributed by atoms with van der Waals surface area (Å²) >= 11 is 0. The Balaban J connectivity index is 2.73. The van der Waals surface area contributed by atoms with Crippen molar-refractivity contribution in [3.8, 4) is 5.75 Å². The lowest BCUT2D eigenvalue weighted by molar-refractivity contribution is -0.136. The quantitative estimate of drug-likeness (QED) is 0.807. The van der Waals surface area contributed by atoms with E-state index in [-0.39, 0.29) is 18.9 Å². The minimum absolute atomic E-state index is 0.0974. The summed E-state index contributed by atoms with van der Waals surface area (Å²) < 4.78 is 5.07. The molecule has 0 heterocycles. The van der Waals surface area contributed by atoms with Gasteiger partial charge in [-0.2, -0.15) is 0 Å². The van der Waals surface area contributed by atoms with Crippen LogP contribution >= 0.6 is 0 Å². The number of rotatable bonds is 5. The van der Waals surface area contributed by atoms with Crippen LogP contribution in [0.15, 0.2) is 18.2 Å². The average Bonchev–Trinajstić information content (AvgIpc) is 2.28. The molecule has 1 amide bonds. The second kappa shape index (κ2) is 5.89. The molecule has 2 N–H and O–H groups in total. The Morgan fingerprint density at radius 1 is 1.41 bits per heavy atom. The van der Waals surface area contributed by atoms with E-state index in [9.17, 15) is 9.59 Å². The monoisotopic (exact) mass is 237 g/mol. The standard InChI is InChI=1S/C12H15NO4/c1-8-3-4-10(17-2)9(7-8)12(16)13-6-5-11(14)15/h3-4,7H,5-6H2,1-2H3,(H,13,16)(H,14,15). The molecule has 0 saturated carbocycles. The molecule has 0 saturated heterocycles. The molecule has 0 aliphatic carbocycles. The SMILES string of the molecule is COc1ccc(C)cc1C(=O)NCCC(=O)O. The van der Waals surface area contributed by atoms with Crippen molar-refractivity contribution >= 4 is 11.9 Å². The predicted octanol–water partition coefficient (Wildman–Crippen LogP) is 1.21. The van der Waals surface area contributed by atoms with Crippen molar-refractivity contribution < 1.29 is 19.4 Å². The Hall–Kier alpha value is -2.04. The van der Waals surface area contributed by atoms with Crippen LogP contribution in [0.3, 0.4) is 0 Å². The summed E-state index contributed by atoms with van der Waals surface area (Å²) in [6, 6.07) is 5.25. The van der Waals surface area contributed by atoms with Crippen LogP contribution < -0.4 is 10.1 Å². The summed E-state index contributed by atoms with van der Waals surface area (Å²) in [5.74, 6) is -0.795. The molecule has 5 heteroatoms. The lowest BCUT2D eigenvalue weighted by atomic mass is 10.1. The third kappa shape index (κ3) is 3.79. The highest BCUT2D eigenvalue weighted by atomic mass is 16.5. The van der Waals surface area contributed by atoms with Gasteiger partial charge in [0.15, 0.2) is 0 Å². The number of aliphatic carboxylic acids is 1. The number of nitrogens with one attached hydrogen (secondary N) is 1. The van der Waals surface area contributed by atoms with E-state index < -0.39 is 5.97 Å². The predicted molar refractivity (Wildman–Crippen MR) is 62.3 cm³/mol. The lowest BCUT2D eigenvalue weighted by Crippen LogP contribution is -2.26. The van der Waals surface area contributed by atoms with Crippen LogP contribution in [0.25, 0.3) is 0 Å². The number of ether oxygens (including phenoxy) is 1. The van der Waals surface area contributed by atoms with Gasteiger partial charge >= 0.3 is 5.97 Å². The zero-order chi connectivity index (χ0) is 12.8.